The molecule has 0 spiro atoms. The van der Waals surface area contributed by atoms with Crippen LogP contribution in [0.3, 0.4) is 0 Å². The van der Waals surface area contributed by atoms with E-state index in [9.17, 15) is 0 Å². The molecular formula is C26H24ClN5O2. The number of hydrogen-bond donors (Lipinski definition) is 1. The second kappa shape index (κ2) is 11.2. The van der Waals surface area contributed by atoms with Crippen molar-refractivity contribution in [2.45, 2.75) is 0 Å². The van der Waals surface area contributed by atoms with Gasteiger partial charge in [-0.15, -0.1) is 0 Å². The molecule has 0 aliphatic carbocycles. The average molecular weight is 474 g/mol. The maximum atomic E-state index is 6.11. The highest BCUT2D eigenvalue weighted by Gasteiger charge is 2.13. The highest BCUT2D eigenvalue weighted by atomic mass is 35.5. The number of nitrogens with one attached hydrogen (secondary N) is 1. The minimum atomic E-state index is 0.406. The molecule has 0 aliphatic heterocycles. The summed E-state index contributed by atoms with van der Waals surface area (Å²) in [6, 6.07) is 23.2. The Balaban J connectivity index is 1.60. The van der Waals surface area contributed by atoms with E-state index in [-0.39, 0.29) is 0 Å². The molecule has 0 unspecified atom stereocenters. The number of halogens is 1. The standard InChI is InChI=1S/C26H24ClN5O2/c1-33-23-15-12-21(17-24(23)34-2)30-25-28-18-29-26(31-25)32(22-13-10-20(27)11-14-22)16-6-9-19-7-4-3-5-8-19/h3-15,17-18H,16H2,1-2H3,(H,28,29,30,31)/b9-6+. The molecule has 0 fully saturated rings. The van der Waals surface area contributed by atoms with Gasteiger partial charge in [0.2, 0.25) is 11.9 Å². The fourth-order valence-corrected chi connectivity index (χ4v) is 3.43. The smallest absolute Gasteiger partial charge is 0.235 e. The molecule has 1 aromatic heterocycles. The van der Waals surface area contributed by atoms with Gasteiger partial charge in [0.25, 0.3) is 0 Å². The summed E-state index contributed by atoms with van der Waals surface area (Å²) in [5.41, 5.74) is 2.78. The largest absolute Gasteiger partial charge is 0.493 e. The molecule has 3 aromatic carbocycles. The van der Waals surface area contributed by atoms with Gasteiger partial charge in [0.05, 0.1) is 14.2 Å². The molecule has 0 radical (unpaired) electrons. The number of ether oxygens (including phenoxy) is 2. The first-order valence-electron chi connectivity index (χ1n) is 10.6. The topological polar surface area (TPSA) is 72.4 Å². The molecule has 0 saturated heterocycles. The highest BCUT2D eigenvalue weighted by molar-refractivity contribution is 6.30. The first-order valence-corrected chi connectivity index (χ1v) is 11.0. The monoisotopic (exact) mass is 473 g/mol. The molecule has 8 heteroatoms. The summed E-state index contributed by atoms with van der Waals surface area (Å²) >= 11 is 6.11. The van der Waals surface area contributed by atoms with Crippen molar-refractivity contribution in [3.63, 3.8) is 0 Å². The Hall–Kier alpha value is -4.10. The third-order valence-electron chi connectivity index (χ3n) is 4.98. The minimum absolute atomic E-state index is 0.406. The van der Waals surface area contributed by atoms with Crippen molar-refractivity contribution >= 4 is 40.9 Å². The molecule has 4 aromatic rings. The number of rotatable bonds is 9. The van der Waals surface area contributed by atoms with Crippen LogP contribution >= 0.6 is 11.6 Å². The maximum absolute atomic E-state index is 6.11. The average Bonchev–Trinajstić information content (AvgIpc) is 2.88. The van der Waals surface area contributed by atoms with Gasteiger partial charge in [0.1, 0.15) is 6.33 Å². The van der Waals surface area contributed by atoms with E-state index in [1.807, 2.05) is 65.6 Å². The van der Waals surface area contributed by atoms with Gasteiger partial charge in [-0.05, 0) is 42.0 Å². The van der Waals surface area contributed by atoms with E-state index in [4.69, 9.17) is 21.1 Å². The summed E-state index contributed by atoms with van der Waals surface area (Å²) in [5, 5.41) is 3.87. The van der Waals surface area contributed by atoms with Gasteiger partial charge >= 0.3 is 0 Å². The minimum Gasteiger partial charge on any atom is -0.493 e. The lowest BCUT2D eigenvalue weighted by atomic mass is 10.2. The number of hydrogen-bond acceptors (Lipinski definition) is 7. The zero-order valence-electron chi connectivity index (χ0n) is 18.9. The van der Waals surface area contributed by atoms with Crippen LogP contribution in [0.25, 0.3) is 6.08 Å². The Morgan fingerprint density at radius 2 is 1.68 bits per heavy atom. The molecule has 0 aliphatic rings. The molecule has 1 N–H and O–H groups in total. The van der Waals surface area contributed by atoms with Crippen molar-refractivity contribution in [2.75, 3.05) is 31.0 Å². The van der Waals surface area contributed by atoms with Crippen LogP contribution in [-0.2, 0) is 0 Å². The van der Waals surface area contributed by atoms with Crippen LogP contribution in [0.4, 0.5) is 23.3 Å². The van der Waals surface area contributed by atoms with E-state index in [1.54, 1.807) is 14.2 Å². The van der Waals surface area contributed by atoms with Gasteiger partial charge in [-0.3, -0.25) is 0 Å². The SMILES string of the molecule is COc1ccc(Nc2ncnc(N(C/C=C/c3ccccc3)c3ccc(Cl)cc3)n2)cc1OC. The van der Waals surface area contributed by atoms with Crippen LogP contribution in [0.2, 0.25) is 5.02 Å². The van der Waals surface area contributed by atoms with Gasteiger partial charge in [0, 0.05) is 29.0 Å². The molecule has 172 valence electrons. The Bertz CT molecular complexity index is 1250. The van der Waals surface area contributed by atoms with Crippen molar-refractivity contribution in [1.29, 1.82) is 0 Å². The molecule has 0 atom stereocenters. The second-order valence-corrected chi connectivity index (χ2v) is 7.64. The lowest BCUT2D eigenvalue weighted by molar-refractivity contribution is 0.355. The summed E-state index contributed by atoms with van der Waals surface area (Å²) in [4.78, 5) is 15.3. The zero-order valence-corrected chi connectivity index (χ0v) is 19.6. The summed E-state index contributed by atoms with van der Waals surface area (Å²) in [5.74, 6) is 2.15. The molecule has 0 saturated carbocycles. The molecule has 0 amide bonds. The fourth-order valence-electron chi connectivity index (χ4n) is 3.30. The van der Waals surface area contributed by atoms with Crippen LogP contribution in [-0.4, -0.2) is 35.7 Å². The number of methoxy groups -OCH3 is 2. The van der Waals surface area contributed by atoms with Crippen LogP contribution in [0.15, 0.2) is 85.2 Å². The Morgan fingerprint density at radius 1 is 0.912 bits per heavy atom. The highest BCUT2D eigenvalue weighted by Crippen LogP contribution is 2.31. The normalized spacial score (nSPS) is 10.8. The van der Waals surface area contributed by atoms with E-state index in [2.05, 4.69) is 44.6 Å². The maximum Gasteiger partial charge on any atom is 0.235 e. The van der Waals surface area contributed by atoms with Crippen molar-refractivity contribution in [1.82, 2.24) is 15.0 Å². The number of nitrogens with zero attached hydrogens (tertiary/aromatic N) is 4. The molecule has 1 heterocycles. The van der Waals surface area contributed by atoms with Crippen molar-refractivity contribution in [2.24, 2.45) is 0 Å². The van der Waals surface area contributed by atoms with Gasteiger partial charge in [-0.2, -0.15) is 4.98 Å². The number of aromatic nitrogens is 3. The lowest BCUT2D eigenvalue weighted by Crippen LogP contribution is -2.20. The van der Waals surface area contributed by atoms with Crippen LogP contribution in [0.5, 0.6) is 11.5 Å². The summed E-state index contributed by atoms with van der Waals surface area (Å²) in [7, 11) is 3.19. The fraction of sp³-hybridized carbons (Fsp3) is 0.115. The Kier molecular flexibility index (Phi) is 7.57. The van der Waals surface area contributed by atoms with Gasteiger partial charge in [-0.25, -0.2) is 9.97 Å². The predicted octanol–water partition coefficient (Wildman–Crippen LogP) is 6.14. The van der Waals surface area contributed by atoms with Gasteiger partial charge in [-0.1, -0.05) is 54.1 Å². The predicted molar refractivity (Wildman–Crippen MR) is 137 cm³/mol. The lowest BCUT2D eigenvalue weighted by Gasteiger charge is -2.21. The third kappa shape index (κ3) is 5.82. The molecule has 4 rings (SSSR count). The Labute approximate surface area is 203 Å². The van der Waals surface area contributed by atoms with E-state index < -0.39 is 0 Å². The van der Waals surface area contributed by atoms with E-state index in [0.717, 1.165) is 16.9 Å². The van der Waals surface area contributed by atoms with Crippen molar-refractivity contribution in [3.8, 4) is 11.5 Å². The van der Waals surface area contributed by atoms with Crippen LogP contribution < -0.4 is 19.7 Å². The molecule has 34 heavy (non-hydrogen) atoms. The van der Waals surface area contributed by atoms with Gasteiger partial charge in [0.15, 0.2) is 11.5 Å². The molecule has 0 bridgehead atoms. The van der Waals surface area contributed by atoms with Gasteiger partial charge < -0.3 is 19.7 Å². The second-order valence-electron chi connectivity index (χ2n) is 7.20. The number of benzene rings is 3. The summed E-state index contributed by atoms with van der Waals surface area (Å²) < 4.78 is 10.7. The number of anilines is 4. The summed E-state index contributed by atoms with van der Waals surface area (Å²) in [6.07, 6.45) is 5.61. The van der Waals surface area contributed by atoms with E-state index in [1.165, 1.54) is 6.33 Å². The van der Waals surface area contributed by atoms with Crippen molar-refractivity contribution < 1.29 is 9.47 Å². The summed E-state index contributed by atoms with van der Waals surface area (Å²) in [6.45, 7) is 0.552. The first-order chi connectivity index (χ1) is 16.7. The Morgan fingerprint density at radius 3 is 2.41 bits per heavy atom. The van der Waals surface area contributed by atoms with E-state index in [0.29, 0.717) is 35.0 Å². The quantitative estimate of drug-likeness (QED) is 0.313. The third-order valence-corrected chi connectivity index (χ3v) is 5.23. The first kappa shape index (κ1) is 23.1. The molecular weight excluding hydrogens is 450 g/mol. The molecule has 7 nitrogen and oxygen atoms in total. The van der Waals surface area contributed by atoms with Crippen LogP contribution in [0.1, 0.15) is 5.56 Å². The van der Waals surface area contributed by atoms with E-state index >= 15 is 0 Å². The van der Waals surface area contributed by atoms with Crippen molar-refractivity contribution in [3.05, 3.63) is 95.8 Å². The zero-order chi connectivity index (χ0) is 23.8. The van der Waals surface area contributed by atoms with Crippen LogP contribution in [0, 0.1) is 0 Å².